The van der Waals surface area contributed by atoms with Gasteiger partial charge in [-0.2, -0.15) is 0 Å². The molecule has 0 aromatic carbocycles. The third-order valence-corrected chi connectivity index (χ3v) is 2.83. The highest BCUT2D eigenvalue weighted by molar-refractivity contribution is 7.99. The van der Waals surface area contributed by atoms with Gasteiger partial charge in [0.25, 0.3) is 0 Å². The number of carboxylic acids is 1. The Morgan fingerprint density at radius 2 is 2.12 bits per heavy atom. The Balaban J connectivity index is 2.59. The molecular formula is C8H13N5O3S. The van der Waals surface area contributed by atoms with Gasteiger partial charge in [0, 0.05) is 13.0 Å². The van der Waals surface area contributed by atoms with E-state index in [4.69, 9.17) is 16.6 Å². The van der Waals surface area contributed by atoms with Crippen LogP contribution in [0, 0.1) is 0 Å². The average molecular weight is 259 g/mol. The highest BCUT2D eigenvalue weighted by atomic mass is 32.2. The Morgan fingerprint density at radius 1 is 1.41 bits per heavy atom. The summed E-state index contributed by atoms with van der Waals surface area (Å²) in [4.78, 5) is 21.0. The molecule has 0 aliphatic heterocycles. The van der Waals surface area contributed by atoms with Crippen molar-refractivity contribution in [3.8, 4) is 0 Å². The summed E-state index contributed by atoms with van der Waals surface area (Å²) in [5.74, 6) is -1.26. The molecule has 17 heavy (non-hydrogen) atoms. The van der Waals surface area contributed by atoms with E-state index in [1.807, 2.05) is 0 Å². The van der Waals surface area contributed by atoms with E-state index in [1.165, 1.54) is 0 Å². The number of carbonyl (C=O) groups is 2. The van der Waals surface area contributed by atoms with Crippen LogP contribution in [-0.2, 0) is 16.1 Å². The van der Waals surface area contributed by atoms with Crippen LogP contribution in [-0.4, -0.2) is 37.5 Å². The zero-order chi connectivity index (χ0) is 12.8. The maximum absolute atomic E-state index is 10.6. The van der Waals surface area contributed by atoms with Crippen molar-refractivity contribution >= 4 is 29.6 Å². The first-order valence-corrected chi connectivity index (χ1v) is 5.81. The minimum absolute atomic E-state index is 0.117. The zero-order valence-corrected chi connectivity index (χ0v) is 9.81. The van der Waals surface area contributed by atoms with Crippen molar-refractivity contribution in [3.05, 3.63) is 0 Å². The number of hydrogen-bond donors (Lipinski definition) is 3. The van der Waals surface area contributed by atoms with Gasteiger partial charge >= 0.3 is 5.97 Å². The summed E-state index contributed by atoms with van der Waals surface area (Å²) in [5, 5.41) is 16.4. The van der Waals surface area contributed by atoms with Crippen LogP contribution < -0.4 is 11.5 Å². The SMILES string of the molecule is NC(=O)CCCn1c(N)nnc1SCC(=O)O. The van der Waals surface area contributed by atoms with E-state index in [9.17, 15) is 9.59 Å². The molecule has 0 aliphatic carbocycles. The maximum atomic E-state index is 10.6. The lowest BCUT2D eigenvalue weighted by Crippen LogP contribution is -2.13. The molecule has 0 radical (unpaired) electrons. The molecule has 94 valence electrons. The topological polar surface area (TPSA) is 137 Å². The predicted molar refractivity (Wildman–Crippen MR) is 61.2 cm³/mol. The third-order valence-electron chi connectivity index (χ3n) is 1.88. The van der Waals surface area contributed by atoms with Crippen molar-refractivity contribution in [3.63, 3.8) is 0 Å². The molecule has 0 saturated carbocycles. The van der Waals surface area contributed by atoms with Gasteiger partial charge in [0.05, 0.1) is 5.75 Å². The molecule has 1 heterocycles. The number of carbonyl (C=O) groups excluding carboxylic acids is 1. The molecule has 1 aromatic heterocycles. The number of rotatable bonds is 7. The minimum atomic E-state index is -0.944. The maximum Gasteiger partial charge on any atom is 0.313 e. The summed E-state index contributed by atoms with van der Waals surface area (Å²) >= 11 is 1.03. The summed E-state index contributed by atoms with van der Waals surface area (Å²) < 4.78 is 1.57. The van der Waals surface area contributed by atoms with Gasteiger partial charge in [-0.1, -0.05) is 11.8 Å². The fraction of sp³-hybridized carbons (Fsp3) is 0.500. The van der Waals surface area contributed by atoms with Crippen molar-refractivity contribution in [2.75, 3.05) is 11.5 Å². The fourth-order valence-corrected chi connectivity index (χ4v) is 1.85. The van der Waals surface area contributed by atoms with Crippen molar-refractivity contribution in [1.82, 2.24) is 14.8 Å². The van der Waals surface area contributed by atoms with Gasteiger partial charge in [-0.05, 0) is 6.42 Å². The van der Waals surface area contributed by atoms with Crippen molar-refractivity contribution in [2.24, 2.45) is 5.73 Å². The molecule has 0 fully saturated rings. The van der Waals surface area contributed by atoms with Gasteiger partial charge < -0.3 is 16.6 Å². The number of aromatic nitrogens is 3. The molecule has 8 nitrogen and oxygen atoms in total. The predicted octanol–water partition coefficient (Wildman–Crippen LogP) is -0.698. The normalized spacial score (nSPS) is 10.4. The van der Waals surface area contributed by atoms with Crippen LogP contribution in [0.25, 0.3) is 0 Å². The lowest BCUT2D eigenvalue weighted by Gasteiger charge is -2.05. The summed E-state index contributed by atoms with van der Waals surface area (Å²) in [6, 6.07) is 0. The minimum Gasteiger partial charge on any atom is -0.481 e. The van der Waals surface area contributed by atoms with E-state index in [2.05, 4.69) is 10.2 Å². The second-order valence-electron chi connectivity index (χ2n) is 3.24. The number of anilines is 1. The van der Waals surface area contributed by atoms with E-state index in [0.717, 1.165) is 11.8 Å². The molecule has 9 heteroatoms. The van der Waals surface area contributed by atoms with Gasteiger partial charge in [-0.3, -0.25) is 14.2 Å². The smallest absolute Gasteiger partial charge is 0.313 e. The summed E-state index contributed by atoms with van der Waals surface area (Å²) in [7, 11) is 0. The number of hydrogen-bond acceptors (Lipinski definition) is 6. The number of aliphatic carboxylic acids is 1. The Morgan fingerprint density at radius 3 is 2.71 bits per heavy atom. The van der Waals surface area contributed by atoms with Gasteiger partial charge in [-0.25, -0.2) is 0 Å². The quantitative estimate of drug-likeness (QED) is 0.550. The molecule has 1 aromatic rings. The number of thioether (sulfide) groups is 1. The van der Waals surface area contributed by atoms with Crippen LogP contribution in [0.4, 0.5) is 5.95 Å². The van der Waals surface area contributed by atoms with Crippen LogP contribution in [0.1, 0.15) is 12.8 Å². The molecule has 0 bridgehead atoms. The van der Waals surface area contributed by atoms with E-state index >= 15 is 0 Å². The largest absolute Gasteiger partial charge is 0.481 e. The summed E-state index contributed by atoms with van der Waals surface area (Å²) in [5.41, 5.74) is 10.6. The summed E-state index contributed by atoms with van der Waals surface area (Å²) in [6.07, 6.45) is 0.749. The number of nitrogens with two attached hydrogens (primary N) is 2. The number of nitrogens with zero attached hydrogens (tertiary/aromatic N) is 3. The Kier molecular flexibility index (Phi) is 4.76. The van der Waals surface area contributed by atoms with E-state index in [1.54, 1.807) is 4.57 Å². The third kappa shape index (κ3) is 4.31. The van der Waals surface area contributed by atoms with Gasteiger partial charge in [-0.15, -0.1) is 10.2 Å². The Labute approximate surface area is 101 Å². The molecule has 0 atom stereocenters. The number of nitrogen functional groups attached to an aromatic ring is 1. The van der Waals surface area contributed by atoms with Crippen molar-refractivity contribution < 1.29 is 14.7 Å². The molecule has 1 amide bonds. The number of amides is 1. The highest BCUT2D eigenvalue weighted by Gasteiger charge is 2.11. The van der Waals surface area contributed by atoms with Gasteiger partial charge in [0.15, 0.2) is 5.16 Å². The number of primary amides is 1. The lowest BCUT2D eigenvalue weighted by atomic mass is 10.3. The molecule has 0 saturated heterocycles. The van der Waals surface area contributed by atoms with E-state index < -0.39 is 11.9 Å². The van der Waals surface area contributed by atoms with Crippen molar-refractivity contribution in [1.29, 1.82) is 0 Å². The average Bonchev–Trinajstić information content (AvgIpc) is 2.57. The first-order chi connectivity index (χ1) is 8.00. The Bertz CT molecular complexity index is 419. The molecule has 0 spiro atoms. The summed E-state index contributed by atoms with van der Waals surface area (Å²) in [6.45, 7) is 0.434. The van der Waals surface area contributed by atoms with E-state index in [-0.39, 0.29) is 18.1 Å². The van der Waals surface area contributed by atoms with Gasteiger partial charge in [0.1, 0.15) is 0 Å². The highest BCUT2D eigenvalue weighted by Crippen LogP contribution is 2.18. The molecule has 0 aliphatic rings. The van der Waals surface area contributed by atoms with E-state index in [0.29, 0.717) is 18.1 Å². The van der Waals surface area contributed by atoms with Crippen LogP contribution in [0.15, 0.2) is 5.16 Å². The first-order valence-electron chi connectivity index (χ1n) is 4.82. The van der Waals surface area contributed by atoms with Crippen LogP contribution in [0.5, 0.6) is 0 Å². The molecule has 5 N–H and O–H groups in total. The van der Waals surface area contributed by atoms with Crippen LogP contribution in [0.3, 0.4) is 0 Å². The molecular weight excluding hydrogens is 246 g/mol. The first kappa shape index (κ1) is 13.3. The Hall–Kier alpha value is -1.77. The second kappa shape index (κ2) is 6.09. The molecule has 0 unspecified atom stereocenters. The fourth-order valence-electron chi connectivity index (χ4n) is 1.15. The molecule has 1 rings (SSSR count). The van der Waals surface area contributed by atoms with Gasteiger partial charge in [0.2, 0.25) is 11.9 Å². The lowest BCUT2D eigenvalue weighted by molar-refractivity contribution is -0.133. The van der Waals surface area contributed by atoms with Crippen LogP contribution in [0.2, 0.25) is 0 Å². The zero-order valence-electron chi connectivity index (χ0n) is 9.00. The number of carboxylic acid groups (broad SMARTS) is 1. The monoisotopic (exact) mass is 259 g/mol. The second-order valence-corrected chi connectivity index (χ2v) is 4.19. The standard InChI is InChI=1S/C8H13N5O3S/c9-5(14)2-1-3-13-7(10)11-12-8(13)17-4-6(15)16/h1-4H2,(H2,9,14)(H2,10,11)(H,15,16). The van der Waals surface area contributed by atoms with Crippen LogP contribution >= 0.6 is 11.8 Å². The van der Waals surface area contributed by atoms with Crippen molar-refractivity contribution in [2.45, 2.75) is 24.5 Å².